The zero-order valence-electron chi connectivity index (χ0n) is 11.7. The Kier molecular flexibility index (Phi) is 2.79. The normalized spacial score (nSPS) is 16.8. The molecule has 1 fully saturated rings. The molecule has 106 valence electrons. The molecule has 0 bridgehead atoms. The second-order valence-corrected chi connectivity index (χ2v) is 5.79. The van der Waals surface area contributed by atoms with Crippen molar-refractivity contribution >= 4 is 10.8 Å². The lowest BCUT2D eigenvalue weighted by Gasteiger charge is -2.36. The van der Waals surface area contributed by atoms with Crippen LogP contribution in [0.3, 0.4) is 0 Å². The van der Waals surface area contributed by atoms with E-state index in [0.717, 1.165) is 23.8 Å². The van der Waals surface area contributed by atoms with Crippen LogP contribution in [0.25, 0.3) is 22.2 Å². The highest BCUT2D eigenvalue weighted by Gasteiger charge is 2.42. The highest BCUT2D eigenvalue weighted by molar-refractivity contribution is 5.94. The van der Waals surface area contributed by atoms with Crippen molar-refractivity contribution in [2.24, 2.45) is 5.73 Å². The maximum atomic E-state index is 5.91. The molecule has 2 N–H and O–H groups in total. The molecule has 0 atom stereocenters. The van der Waals surface area contributed by atoms with E-state index >= 15 is 0 Å². The first-order valence-corrected chi connectivity index (χ1v) is 7.35. The number of nitrogens with two attached hydrogens (primary N) is 1. The van der Waals surface area contributed by atoms with Crippen molar-refractivity contribution in [2.75, 3.05) is 6.54 Å². The van der Waals surface area contributed by atoms with Crippen LogP contribution >= 0.6 is 0 Å². The first-order chi connectivity index (χ1) is 10.3. The zero-order valence-corrected chi connectivity index (χ0v) is 11.7. The van der Waals surface area contributed by atoms with Gasteiger partial charge >= 0.3 is 0 Å². The molecule has 4 heteroatoms. The van der Waals surface area contributed by atoms with E-state index in [9.17, 15) is 0 Å². The lowest BCUT2D eigenvalue weighted by molar-refractivity contribution is 0.182. The van der Waals surface area contributed by atoms with E-state index in [1.54, 1.807) is 0 Å². The standard InChI is InChI=1S/C17H17N3O/c18-11-17(9-4-10-17)16-19-15(20-21-16)14-8-3-6-12-5-1-2-7-13(12)14/h1-3,5-8H,4,9-11,18H2. The van der Waals surface area contributed by atoms with Crippen LogP contribution in [0.1, 0.15) is 25.2 Å². The predicted molar refractivity (Wildman–Crippen MR) is 81.8 cm³/mol. The summed E-state index contributed by atoms with van der Waals surface area (Å²) in [6.07, 6.45) is 3.27. The summed E-state index contributed by atoms with van der Waals surface area (Å²) in [5.41, 5.74) is 6.83. The molecule has 3 aromatic rings. The molecule has 4 rings (SSSR count). The van der Waals surface area contributed by atoms with E-state index in [1.165, 1.54) is 11.8 Å². The number of aromatic nitrogens is 2. The van der Waals surface area contributed by atoms with Crippen LogP contribution < -0.4 is 5.73 Å². The minimum Gasteiger partial charge on any atom is -0.338 e. The maximum Gasteiger partial charge on any atom is 0.234 e. The molecule has 4 nitrogen and oxygen atoms in total. The topological polar surface area (TPSA) is 64.9 Å². The number of nitrogens with zero attached hydrogens (tertiary/aromatic N) is 2. The van der Waals surface area contributed by atoms with Crippen LogP contribution in [0, 0.1) is 0 Å². The predicted octanol–water partition coefficient (Wildman–Crippen LogP) is 3.27. The minimum atomic E-state index is -0.0875. The molecule has 1 aliphatic carbocycles. The van der Waals surface area contributed by atoms with E-state index in [1.807, 2.05) is 24.3 Å². The van der Waals surface area contributed by atoms with E-state index < -0.39 is 0 Å². The molecule has 0 spiro atoms. The average molecular weight is 279 g/mol. The Hall–Kier alpha value is -2.20. The SMILES string of the molecule is NCC1(c2nc(-c3cccc4ccccc34)no2)CCC1. The smallest absolute Gasteiger partial charge is 0.234 e. The zero-order chi connectivity index (χ0) is 14.3. The van der Waals surface area contributed by atoms with Crippen molar-refractivity contribution in [2.45, 2.75) is 24.7 Å². The molecule has 0 unspecified atom stereocenters. The highest BCUT2D eigenvalue weighted by atomic mass is 16.5. The molecule has 0 amide bonds. The third kappa shape index (κ3) is 1.87. The molecular formula is C17H17N3O. The maximum absolute atomic E-state index is 5.91. The van der Waals surface area contributed by atoms with Crippen LogP contribution in [0.15, 0.2) is 47.0 Å². The van der Waals surface area contributed by atoms with Crippen LogP contribution in [0.2, 0.25) is 0 Å². The van der Waals surface area contributed by atoms with Gasteiger partial charge in [-0.3, -0.25) is 0 Å². The van der Waals surface area contributed by atoms with Crippen LogP contribution in [-0.2, 0) is 5.41 Å². The third-order valence-corrected chi connectivity index (χ3v) is 4.61. The Morgan fingerprint density at radius 3 is 2.67 bits per heavy atom. The van der Waals surface area contributed by atoms with Gasteiger partial charge in [0.05, 0.1) is 5.41 Å². The number of fused-ring (bicyclic) bond motifs is 1. The Morgan fingerprint density at radius 2 is 1.90 bits per heavy atom. The first kappa shape index (κ1) is 12.5. The van der Waals surface area contributed by atoms with Gasteiger partial charge < -0.3 is 10.3 Å². The van der Waals surface area contributed by atoms with Gasteiger partial charge in [0.15, 0.2) is 0 Å². The fourth-order valence-electron chi connectivity index (χ4n) is 3.08. The molecule has 1 aromatic heterocycles. The largest absolute Gasteiger partial charge is 0.338 e. The van der Waals surface area contributed by atoms with Crippen molar-refractivity contribution in [3.8, 4) is 11.4 Å². The molecule has 1 aliphatic rings. The number of rotatable bonds is 3. The quantitative estimate of drug-likeness (QED) is 0.799. The summed E-state index contributed by atoms with van der Waals surface area (Å²) in [7, 11) is 0. The first-order valence-electron chi connectivity index (χ1n) is 7.35. The third-order valence-electron chi connectivity index (χ3n) is 4.61. The molecule has 0 radical (unpaired) electrons. The Bertz CT molecular complexity index is 779. The van der Waals surface area contributed by atoms with Crippen molar-refractivity contribution in [3.63, 3.8) is 0 Å². The molecule has 1 heterocycles. The van der Waals surface area contributed by atoms with Gasteiger partial charge in [0, 0.05) is 12.1 Å². The number of hydrogen-bond acceptors (Lipinski definition) is 4. The summed E-state index contributed by atoms with van der Waals surface area (Å²) in [5.74, 6) is 1.35. The molecule has 21 heavy (non-hydrogen) atoms. The van der Waals surface area contributed by atoms with Crippen LogP contribution in [0.5, 0.6) is 0 Å². The van der Waals surface area contributed by atoms with Gasteiger partial charge in [-0.25, -0.2) is 0 Å². The summed E-state index contributed by atoms with van der Waals surface area (Å²) in [4.78, 5) is 4.64. The second-order valence-electron chi connectivity index (χ2n) is 5.79. The Morgan fingerprint density at radius 1 is 1.10 bits per heavy atom. The Balaban J connectivity index is 1.81. The molecule has 2 aromatic carbocycles. The molecular weight excluding hydrogens is 262 g/mol. The van der Waals surface area contributed by atoms with Gasteiger partial charge in [-0.2, -0.15) is 4.98 Å². The Labute approximate surface area is 123 Å². The average Bonchev–Trinajstić information content (AvgIpc) is 2.96. The summed E-state index contributed by atoms with van der Waals surface area (Å²) < 4.78 is 5.53. The lowest BCUT2D eigenvalue weighted by Crippen LogP contribution is -2.41. The lowest BCUT2D eigenvalue weighted by atomic mass is 9.69. The highest BCUT2D eigenvalue weighted by Crippen LogP contribution is 2.42. The van der Waals surface area contributed by atoms with Crippen molar-refractivity contribution in [3.05, 3.63) is 48.4 Å². The van der Waals surface area contributed by atoms with Gasteiger partial charge in [-0.1, -0.05) is 54.0 Å². The van der Waals surface area contributed by atoms with Crippen LogP contribution in [-0.4, -0.2) is 16.7 Å². The van der Waals surface area contributed by atoms with Crippen molar-refractivity contribution in [1.82, 2.24) is 10.1 Å². The summed E-state index contributed by atoms with van der Waals surface area (Å²) in [5, 5.41) is 6.51. The van der Waals surface area contributed by atoms with Crippen molar-refractivity contribution in [1.29, 1.82) is 0 Å². The molecule has 0 saturated heterocycles. The van der Waals surface area contributed by atoms with Gasteiger partial charge in [-0.05, 0) is 23.6 Å². The van der Waals surface area contributed by atoms with Crippen LogP contribution in [0.4, 0.5) is 0 Å². The van der Waals surface area contributed by atoms with Gasteiger partial charge in [0.25, 0.3) is 0 Å². The summed E-state index contributed by atoms with van der Waals surface area (Å²) >= 11 is 0. The van der Waals surface area contributed by atoms with E-state index in [2.05, 4.69) is 28.3 Å². The second kappa shape index (κ2) is 4.67. The van der Waals surface area contributed by atoms with Gasteiger partial charge in [0.2, 0.25) is 11.7 Å². The summed E-state index contributed by atoms with van der Waals surface area (Å²) in [6.45, 7) is 0.574. The number of hydrogen-bond donors (Lipinski definition) is 1. The fourth-order valence-corrected chi connectivity index (χ4v) is 3.08. The number of benzene rings is 2. The minimum absolute atomic E-state index is 0.0875. The van der Waals surface area contributed by atoms with E-state index in [0.29, 0.717) is 18.3 Å². The fraction of sp³-hybridized carbons (Fsp3) is 0.294. The van der Waals surface area contributed by atoms with E-state index in [-0.39, 0.29) is 5.41 Å². The monoisotopic (exact) mass is 279 g/mol. The van der Waals surface area contributed by atoms with Gasteiger partial charge in [-0.15, -0.1) is 0 Å². The molecule has 0 aliphatic heterocycles. The van der Waals surface area contributed by atoms with Gasteiger partial charge in [0.1, 0.15) is 0 Å². The van der Waals surface area contributed by atoms with E-state index in [4.69, 9.17) is 10.3 Å². The molecule has 1 saturated carbocycles. The van der Waals surface area contributed by atoms with Crippen molar-refractivity contribution < 1.29 is 4.52 Å². The summed E-state index contributed by atoms with van der Waals surface area (Å²) in [6, 6.07) is 14.4.